The van der Waals surface area contributed by atoms with Gasteiger partial charge in [-0.05, 0) is 74.1 Å². The molecule has 0 fully saturated rings. The molecule has 2 aromatic carbocycles. The molecule has 0 radical (unpaired) electrons. The second-order valence-corrected chi connectivity index (χ2v) is 11.1. The van der Waals surface area contributed by atoms with E-state index < -0.39 is 5.82 Å². The fourth-order valence-electron chi connectivity index (χ4n) is 5.36. The van der Waals surface area contributed by atoms with Crippen LogP contribution in [0.15, 0.2) is 48.7 Å². The predicted molar refractivity (Wildman–Crippen MR) is 149 cm³/mol. The Kier molecular flexibility index (Phi) is 7.76. The quantitative estimate of drug-likeness (QED) is 0.241. The summed E-state index contributed by atoms with van der Waals surface area (Å²) >= 11 is 0. The lowest BCUT2D eigenvalue weighted by atomic mass is 9.81. The van der Waals surface area contributed by atoms with Crippen LogP contribution in [0.1, 0.15) is 68.5 Å². The van der Waals surface area contributed by atoms with E-state index >= 15 is 4.39 Å². The highest BCUT2D eigenvalue weighted by Gasteiger charge is 2.30. The molecule has 0 aliphatic carbocycles. The number of hydrogen-bond donors (Lipinski definition) is 2. The Hall–Kier alpha value is -3.16. The summed E-state index contributed by atoms with van der Waals surface area (Å²) in [6.07, 6.45) is 1.81. The summed E-state index contributed by atoms with van der Waals surface area (Å²) in [6.45, 7) is 15.2. The number of nitrogen functional groups attached to an aromatic ring is 1. The number of halogens is 1. The Morgan fingerprint density at radius 3 is 2.65 bits per heavy atom. The van der Waals surface area contributed by atoms with Gasteiger partial charge in [0.25, 0.3) is 0 Å². The molecule has 0 spiro atoms. The van der Waals surface area contributed by atoms with E-state index in [1.807, 2.05) is 37.4 Å². The maximum absolute atomic E-state index is 15.6. The van der Waals surface area contributed by atoms with Gasteiger partial charge in [0.1, 0.15) is 11.4 Å². The molecule has 6 nitrogen and oxygen atoms in total. The third kappa shape index (κ3) is 5.73. The van der Waals surface area contributed by atoms with Crippen molar-refractivity contribution in [1.29, 1.82) is 0 Å². The minimum atomic E-state index is -0.392. The zero-order valence-corrected chi connectivity index (χ0v) is 22.9. The second kappa shape index (κ2) is 10.7. The SMILES string of the molecule is CCN(N)c1ccc(C(c2ccc(C)c(CN3Cc4ncccc4OC(C)(C)C3)c2)C(C)C)c(F)c1N. The third-order valence-corrected chi connectivity index (χ3v) is 7.18. The Morgan fingerprint density at radius 2 is 1.95 bits per heavy atom. The Morgan fingerprint density at radius 1 is 1.19 bits per heavy atom. The summed E-state index contributed by atoms with van der Waals surface area (Å²) in [6, 6.07) is 14.0. The molecule has 0 amide bonds. The van der Waals surface area contributed by atoms with Crippen molar-refractivity contribution in [3.63, 3.8) is 0 Å². The molecule has 1 aliphatic rings. The van der Waals surface area contributed by atoms with Crippen molar-refractivity contribution in [2.45, 2.75) is 66.2 Å². The minimum Gasteiger partial charge on any atom is -0.485 e. The van der Waals surface area contributed by atoms with E-state index in [-0.39, 0.29) is 23.1 Å². The maximum Gasteiger partial charge on any atom is 0.152 e. The average molecular weight is 506 g/mol. The highest BCUT2D eigenvalue weighted by molar-refractivity contribution is 5.69. The number of pyridine rings is 1. The molecule has 1 atom stereocenters. The van der Waals surface area contributed by atoms with Crippen LogP contribution in [0.2, 0.25) is 0 Å². The van der Waals surface area contributed by atoms with Crippen LogP contribution in [0.3, 0.4) is 0 Å². The Bertz CT molecular complexity index is 1260. The molecule has 1 unspecified atom stereocenters. The zero-order valence-electron chi connectivity index (χ0n) is 22.9. The van der Waals surface area contributed by atoms with Crippen molar-refractivity contribution < 1.29 is 9.13 Å². The second-order valence-electron chi connectivity index (χ2n) is 11.1. The first kappa shape index (κ1) is 26.9. The van der Waals surface area contributed by atoms with Gasteiger partial charge in [-0.15, -0.1) is 0 Å². The van der Waals surface area contributed by atoms with Crippen molar-refractivity contribution >= 4 is 11.4 Å². The van der Waals surface area contributed by atoms with Crippen LogP contribution in [-0.4, -0.2) is 28.6 Å². The molecule has 37 heavy (non-hydrogen) atoms. The fourth-order valence-corrected chi connectivity index (χ4v) is 5.36. The van der Waals surface area contributed by atoms with Crippen molar-refractivity contribution in [3.05, 3.63) is 82.4 Å². The van der Waals surface area contributed by atoms with Gasteiger partial charge in [-0.25, -0.2) is 10.2 Å². The molecule has 3 aromatic rings. The zero-order chi connectivity index (χ0) is 26.9. The van der Waals surface area contributed by atoms with Crippen molar-refractivity contribution in [2.24, 2.45) is 11.8 Å². The number of rotatable bonds is 7. The number of fused-ring (bicyclic) bond motifs is 1. The molecular formula is C30H40FN5O. The number of hydrogen-bond acceptors (Lipinski definition) is 6. The summed E-state index contributed by atoms with van der Waals surface area (Å²) in [4.78, 5) is 6.96. The van der Waals surface area contributed by atoms with Crippen LogP contribution in [0.4, 0.5) is 15.8 Å². The molecule has 0 bridgehead atoms. The normalized spacial score (nSPS) is 16.1. The molecule has 7 heteroatoms. The number of aromatic nitrogens is 1. The lowest BCUT2D eigenvalue weighted by Gasteiger charge is -2.30. The summed E-state index contributed by atoms with van der Waals surface area (Å²) < 4.78 is 21.9. The first-order chi connectivity index (χ1) is 17.5. The maximum atomic E-state index is 15.6. The van der Waals surface area contributed by atoms with Gasteiger partial charge in [0.2, 0.25) is 0 Å². The first-order valence-electron chi connectivity index (χ1n) is 13.1. The number of nitrogens with two attached hydrogens (primary N) is 2. The largest absolute Gasteiger partial charge is 0.485 e. The van der Waals surface area contributed by atoms with Gasteiger partial charge >= 0.3 is 0 Å². The molecule has 1 aliphatic heterocycles. The monoisotopic (exact) mass is 505 g/mol. The van der Waals surface area contributed by atoms with Crippen molar-refractivity contribution in [2.75, 3.05) is 23.8 Å². The molecule has 0 saturated carbocycles. The number of aryl methyl sites for hydroxylation is 1. The number of anilines is 2. The van der Waals surface area contributed by atoms with Gasteiger partial charge in [0, 0.05) is 38.3 Å². The van der Waals surface area contributed by atoms with Gasteiger partial charge in [0.05, 0.1) is 17.1 Å². The van der Waals surface area contributed by atoms with E-state index in [4.69, 9.17) is 16.3 Å². The molecule has 198 valence electrons. The van der Waals surface area contributed by atoms with E-state index in [0.717, 1.165) is 30.1 Å². The highest BCUT2D eigenvalue weighted by atomic mass is 19.1. The average Bonchev–Trinajstić information content (AvgIpc) is 2.97. The third-order valence-electron chi connectivity index (χ3n) is 7.18. The topological polar surface area (TPSA) is 80.6 Å². The summed E-state index contributed by atoms with van der Waals surface area (Å²) in [5.74, 6) is 6.49. The molecule has 0 saturated heterocycles. The Labute approximate surface area is 220 Å². The molecule has 4 rings (SSSR count). The van der Waals surface area contributed by atoms with E-state index in [0.29, 0.717) is 24.3 Å². The van der Waals surface area contributed by atoms with Gasteiger partial charge < -0.3 is 15.5 Å². The van der Waals surface area contributed by atoms with Crippen LogP contribution in [0, 0.1) is 18.7 Å². The van der Waals surface area contributed by atoms with Crippen LogP contribution in [0.25, 0.3) is 0 Å². The van der Waals surface area contributed by atoms with Gasteiger partial charge in [-0.2, -0.15) is 0 Å². The van der Waals surface area contributed by atoms with Gasteiger partial charge in [-0.1, -0.05) is 38.1 Å². The lowest BCUT2D eigenvalue weighted by Crippen LogP contribution is -2.40. The standard InChI is InChI=1S/C30H40FN5O/c1-7-36(33)25-13-12-23(28(31)29(25)32)27(19(2)3)21-11-10-20(4)22(15-21)16-35-17-24-26(9-8-14-34-24)37-30(5,6)18-35/h8-15,19,27H,7,16-18,32-33H2,1-6H3. The lowest BCUT2D eigenvalue weighted by molar-refractivity contribution is 0.0682. The summed E-state index contributed by atoms with van der Waals surface area (Å²) in [7, 11) is 0. The number of benzene rings is 2. The molecule has 2 heterocycles. The number of hydrazine groups is 1. The summed E-state index contributed by atoms with van der Waals surface area (Å²) in [5.41, 5.74) is 11.5. The van der Waals surface area contributed by atoms with Crippen molar-refractivity contribution in [1.82, 2.24) is 9.88 Å². The minimum absolute atomic E-state index is 0.0952. The van der Waals surface area contributed by atoms with E-state index in [1.165, 1.54) is 16.1 Å². The fraction of sp³-hybridized carbons (Fsp3) is 0.433. The van der Waals surface area contributed by atoms with Crippen LogP contribution in [0.5, 0.6) is 5.75 Å². The van der Waals surface area contributed by atoms with E-state index in [2.05, 4.69) is 62.7 Å². The Balaban J connectivity index is 1.68. The van der Waals surface area contributed by atoms with E-state index in [1.54, 1.807) is 0 Å². The first-order valence-corrected chi connectivity index (χ1v) is 13.1. The van der Waals surface area contributed by atoms with Crippen LogP contribution in [-0.2, 0) is 13.1 Å². The molecular weight excluding hydrogens is 465 g/mol. The van der Waals surface area contributed by atoms with Crippen LogP contribution < -0.4 is 21.3 Å². The predicted octanol–water partition coefficient (Wildman–Crippen LogP) is 5.77. The molecule has 4 N–H and O–H groups in total. The van der Waals surface area contributed by atoms with Gasteiger partial charge in [-0.3, -0.25) is 9.88 Å². The molecule has 1 aromatic heterocycles. The number of ether oxygens (including phenoxy) is 1. The van der Waals surface area contributed by atoms with Crippen molar-refractivity contribution in [3.8, 4) is 5.75 Å². The highest BCUT2D eigenvalue weighted by Crippen LogP contribution is 2.39. The van der Waals surface area contributed by atoms with E-state index in [9.17, 15) is 0 Å². The van der Waals surface area contributed by atoms with Gasteiger partial charge in [0.15, 0.2) is 5.82 Å². The number of nitrogens with zero attached hydrogens (tertiary/aromatic N) is 3. The van der Waals surface area contributed by atoms with Crippen LogP contribution >= 0.6 is 0 Å². The smallest absolute Gasteiger partial charge is 0.152 e. The summed E-state index contributed by atoms with van der Waals surface area (Å²) in [5, 5.41) is 1.47.